The maximum atomic E-state index is 12.2. The molecule has 0 aliphatic carbocycles. The summed E-state index contributed by atoms with van der Waals surface area (Å²) in [4.78, 5) is 19.7. The average molecular weight is 372 g/mol. The van der Waals surface area contributed by atoms with Crippen molar-refractivity contribution in [2.75, 3.05) is 20.7 Å². The van der Waals surface area contributed by atoms with E-state index >= 15 is 0 Å². The number of nitrogens with two attached hydrogens (primary N) is 1. The van der Waals surface area contributed by atoms with Gasteiger partial charge >= 0.3 is 0 Å². The van der Waals surface area contributed by atoms with Gasteiger partial charge in [-0.05, 0) is 20.3 Å². The molecule has 1 amide bonds. The van der Waals surface area contributed by atoms with Crippen molar-refractivity contribution in [3.05, 3.63) is 15.6 Å². The second kappa shape index (κ2) is 11.2. The zero-order valence-corrected chi connectivity index (χ0v) is 16.2. The van der Waals surface area contributed by atoms with Crippen LogP contribution in [0, 0.1) is 6.92 Å². The Labute approximate surface area is 149 Å². The van der Waals surface area contributed by atoms with Crippen LogP contribution in [0.3, 0.4) is 0 Å². The van der Waals surface area contributed by atoms with E-state index in [1.807, 2.05) is 20.9 Å². The summed E-state index contributed by atoms with van der Waals surface area (Å²) in [6.07, 6.45) is 1.02. The van der Waals surface area contributed by atoms with Crippen molar-refractivity contribution in [2.24, 2.45) is 5.73 Å². The molecule has 1 rings (SSSR count). The molecule has 5 nitrogen and oxygen atoms in total. The summed E-state index contributed by atoms with van der Waals surface area (Å²) >= 11 is 1.68. The molecule has 2 N–H and O–H groups in total. The van der Waals surface area contributed by atoms with Crippen molar-refractivity contribution in [3.8, 4) is 0 Å². The molecular formula is C14H27Cl2N3O2S. The first-order chi connectivity index (χ1) is 9.44. The van der Waals surface area contributed by atoms with Gasteiger partial charge < -0.3 is 15.4 Å². The maximum Gasteiger partial charge on any atom is 0.225 e. The first kappa shape index (κ1) is 23.9. The minimum atomic E-state index is -0.217. The van der Waals surface area contributed by atoms with Gasteiger partial charge in [-0.3, -0.25) is 4.79 Å². The third-order valence-corrected chi connectivity index (χ3v) is 5.00. The van der Waals surface area contributed by atoms with E-state index in [1.54, 1.807) is 23.3 Å². The van der Waals surface area contributed by atoms with Crippen LogP contribution in [0.25, 0.3) is 0 Å². The Morgan fingerprint density at radius 2 is 2.05 bits per heavy atom. The molecule has 0 aliphatic rings. The fourth-order valence-corrected chi connectivity index (χ4v) is 3.10. The standard InChI is InChI=1S/C14H25N3O2S.2ClH/c1-6-12-16-9(2)14(20-12)10(3)17(4)13(18)7-11(8-15)19-5;;/h10-11H,6-8,15H2,1-5H3;2*1H. The summed E-state index contributed by atoms with van der Waals surface area (Å²) in [5, 5.41) is 1.11. The Morgan fingerprint density at radius 3 is 2.45 bits per heavy atom. The van der Waals surface area contributed by atoms with Crippen molar-refractivity contribution < 1.29 is 9.53 Å². The Kier molecular flexibility index (Phi) is 12.1. The number of rotatable bonds is 7. The highest BCUT2D eigenvalue weighted by atomic mass is 35.5. The van der Waals surface area contributed by atoms with Crippen LogP contribution in [-0.4, -0.2) is 42.6 Å². The Bertz CT molecular complexity index is 453. The zero-order chi connectivity index (χ0) is 15.3. The van der Waals surface area contributed by atoms with Crippen LogP contribution in [0.4, 0.5) is 0 Å². The molecule has 0 saturated heterocycles. The second-order valence-electron chi connectivity index (χ2n) is 4.89. The van der Waals surface area contributed by atoms with Gasteiger partial charge in [-0.1, -0.05) is 6.92 Å². The van der Waals surface area contributed by atoms with E-state index in [4.69, 9.17) is 10.5 Å². The molecule has 0 spiro atoms. The molecule has 0 saturated carbocycles. The molecular weight excluding hydrogens is 345 g/mol. The largest absolute Gasteiger partial charge is 0.380 e. The van der Waals surface area contributed by atoms with Crippen LogP contribution >= 0.6 is 36.2 Å². The minimum Gasteiger partial charge on any atom is -0.380 e. The first-order valence-electron chi connectivity index (χ1n) is 6.89. The summed E-state index contributed by atoms with van der Waals surface area (Å²) in [6.45, 7) is 6.47. The lowest BCUT2D eigenvalue weighted by molar-refractivity contribution is -0.134. The molecule has 22 heavy (non-hydrogen) atoms. The lowest BCUT2D eigenvalue weighted by Crippen LogP contribution is -2.35. The van der Waals surface area contributed by atoms with Gasteiger partial charge in [0.25, 0.3) is 0 Å². The topological polar surface area (TPSA) is 68.5 Å². The van der Waals surface area contributed by atoms with Gasteiger partial charge in [-0.25, -0.2) is 4.98 Å². The highest BCUT2D eigenvalue weighted by molar-refractivity contribution is 7.11. The van der Waals surface area contributed by atoms with Gasteiger partial charge in [0.05, 0.1) is 29.3 Å². The monoisotopic (exact) mass is 371 g/mol. The van der Waals surface area contributed by atoms with Crippen LogP contribution in [0.15, 0.2) is 0 Å². The molecule has 0 aliphatic heterocycles. The highest BCUT2D eigenvalue weighted by Gasteiger charge is 2.23. The lowest BCUT2D eigenvalue weighted by atomic mass is 10.1. The Morgan fingerprint density at radius 1 is 1.45 bits per heavy atom. The van der Waals surface area contributed by atoms with Crippen molar-refractivity contribution in [1.29, 1.82) is 0 Å². The Balaban J connectivity index is 0. The van der Waals surface area contributed by atoms with Crippen molar-refractivity contribution >= 4 is 42.1 Å². The number of halogens is 2. The fraction of sp³-hybridized carbons (Fsp3) is 0.714. The van der Waals surface area contributed by atoms with Crippen LogP contribution in [0.5, 0.6) is 0 Å². The SMILES string of the molecule is CCc1nc(C)c(C(C)N(C)C(=O)CC(CN)OC)s1.Cl.Cl. The number of hydrogen-bond acceptors (Lipinski definition) is 5. The lowest BCUT2D eigenvalue weighted by Gasteiger charge is -2.26. The molecule has 1 heterocycles. The van der Waals surface area contributed by atoms with Gasteiger partial charge in [0.15, 0.2) is 0 Å². The van der Waals surface area contributed by atoms with Crippen LogP contribution in [0.2, 0.25) is 0 Å². The van der Waals surface area contributed by atoms with Gasteiger partial charge in [0, 0.05) is 25.6 Å². The second-order valence-corrected chi connectivity index (χ2v) is 6.00. The first-order valence-corrected chi connectivity index (χ1v) is 7.70. The van der Waals surface area contributed by atoms with Crippen LogP contribution in [0.1, 0.15) is 41.9 Å². The summed E-state index contributed by atoms with van der Waals surface area (Å²) in [6, 6.07) is 0.0237. The van der Waals surface area contributed by atoms with Gasteiger partial charge in [-0.15, -0.1) is 36.2 Å². The number of aromatic nitrogens is 1. The number of carbonyl (C=O) groups is 1. The molecule has 0 fully saturated rings. The Hall–Kier alpha value is -0.400. The highest BCUT2D eigenvalue weighted by Crippen LogP contribution is 2.29. The quantitative estimate of drug-likeness (QED) is 0.799. The normalized spacial score (nSPS) is 12.8. The average Bonchev–Trinajstić information content (AvgIpc) is 2.83. The smallest absolute Gasteiger partial charge is 0.225 e. The van der Waals surface area contributed by atoms with Gasteiger partial charge in [-0.2, -0.15) is 0 Å². The van der Waals surface area contributed by atoms with Crippen molar-refractivity contribution in [2.45, 2.75) is 45.8 Å². The molecule has 8 heteroatoms. The summed E-state index contributed by atoms with van der Waals surface area (Å²) in [7, 11) is 3.40. The molecule has 130 valence electrons. The summed E-state index contributed by atoms with van der Waals surface area (Å²) < 4.78 is 5.17. The molecule has 1 aromatic rings. The maximum absolute atomic E-state index is 12.2. The molecule has 0 bridgehead atoms. The number of thiazole rings is 1. The third-order valence-electron chi connectivity index (χ3n) is 3.53. The van der Waals surface area contributed by atoms with Crippen LogP contribution < -0.4 is 5.73 Å². The molecule has 2 unspecified atom stereocenters. The van der Waals surface area contributed by atoms with E-state index in [0.29, 0.717) is 13.0 Å². The summed E-state index contributed by atoms with van der Waals surface area (Å²) in [5.41, 5.74) is 6.58. The van der Waals surface area contributed by atoms with Gasteiger partial charge in [0.2, 0.25) is 5.91 Å². The van der Waals surface area contributed by atoms with Gasteiger partial charge in [0.1, 0.15) is 0 Å². The fourth-order valence-electron chi connectivity index (χ4n) is 2.00. The predicted molar refractivity (Wildman–Crippen MR) is 96.4 cm³/mol. The molecule has 1 aromatic heterocycles. The number of carbonyl (C=O) groups excluding carboxylic acids is 1. The summed E-state index contributed by atoms with van der Waals surface area (Å²) in [5.74, 6) is 0.0423. The van der Waals surface area contributed by atoms with E-state index in [1.165, 1.54) is 0 Å². The van der Waals surface area contributed by atoms with E-state index < -0.39 is 0 Å². The molecule has 0 radical (unpaired) electrons. The van der Waals surface area contributed by atoms with E-state index in [-0.39, 0.29) is 42.9 Å². The van der Waals surface area contributed by atoms with Crippen molar-refractivity contribution in [3.63, 3.8) is 0 Å². The van der Waals surface area contributed by atoms with Crippen LogP contribution in [-0.2, 0) is 16.0 Å². The predicted octanol–water partition coefficient (Wildman–Crippen LogP) is 2.74. The van der Waals surface area contributed by atoms with E-state index in [9.17, 15) is 4.79 Å². The number of nitrogens with zero attached hydrogens (tertiary/aromatic N) is 2. The van der Waals surface area contributed by atoms with Crippen molar-refractivity contribution in [1.82, 2.24) is 9.88 Å². The number of hydrogen-bond donors (Lipinski definition) is 1. The van der Waals surface area contributed by atoms with E-state index in [0.717, 1.165) is 22.0 Å². The van der Waals surface area contributed by atoms with E-state index in [2.05, 4.69) is 11.9 Å². The molecule has 2 atom stereocenters. The minimum absolute atomic E-state index is 0. The number of methoxy groups -OCH3 is 1. The molecule has 0 aromatic carbocycles. The zero-order valence-electron chi connectivity index (χ0n) is 13.8. The third kappa shape index (κ3) is 6.01. The number of aryl methyl sites for hydroxylation is 2. The number of ether oxygens (including phenoxy) is 1. The number of amides is 1.